The molecule has 3 atom stereocenters. The topological polar surface area (TPSA) is 43.7 Å². The van der Waals surface area contributed by atoms with Crippen LogP contribution >= 0.6 is 15.9 Å². The zero-order valence-corrected chi connectivity index (χ0v) is 9.57. The van der Waals surface area contributed by atoms with E-state index in [4.69, 9.17) is 0 Å². The molecular weight excluding hydrogens is 234 g/mol. The van der Waals surface area contributed by atoms with Gasteiger partial charge in [-0.2, -0.15) is 0 Å². The predicted octanol–water partition coefficient (Wildman–Crippen LogP) is 0.445. The van der Waals surface area contributed by atoms with Crippen molar-refractivity contribution in [2.75, 3.05) is 25.0 Å². The van der Waals surface area contributed by atoms with Gasteiger partial charge in [-0.3, -0.25) is 4.90 Å². The molecule has 13 heavy (non-hydrogen) atoms. The molecule has 0 bridgehead atoms. The average molecular weight is 252 g/mol. The predicted molar refractivity (Wildman–Crippen MR) is 56.0 cm³/mol. The number of halogens is 1. The molecule has 0 spiro atoms. The Hall–Kier alpha value is 0.360. The molecular formula is C9H18BrNO2. The van der Waals surface area contributed by atoms with Crippen molar-refractivity contribution in [2.45, 2.75) is 25.6 Å². The van der Waals surface area contributed by atoms with Crippen LogP contribution in [0.5, 0.6) is 0 Å². The van der Waals surface area contributed by atoms with Crippen LogP contribution in [0, 0.1) is 5.92 Å². The smallest absolute Gasteiger partial charge is 0.0938 e. The van der Waals surface area contributed by atoms with E-state index in [0.717, 1.165) is 18.3 Å². The molecule has 1 saturated heterocycles. The van der Waals surface area contributed by atoms with Crippen LogP contribution in [0.4, 0.5) is 0 Å². The molecule has 1 aliphatic heterocycles. The molecule has 1 heterocycles. The van der Waals surface area contributed by atoms with E-state index in [1.54, 1.807) is 0 Å². The SMILES string of the molecule is CCC(CBr)CN1CC(O)C(O)C1. The second kappa shape index (κ2) is 5.29. The third-order valence-corrected chi connectivity index (χ3v) is 3.56. The highest BCUT2D eigenvalue weighted by Gasteiger charge is 2.30. The van der Waals surface area contributed by atoms with Crippen LogP contribution in [0.15, 0.2) is 0 Å². The summed E-state index contributed by atoms with van der Waals surface area (Å²) in [6.45, 7) is 4.36. The van der Waals surface area contributed by atoms with Crippen LogP contribution in [-0.2, 0) is 0 Å². The number of rotatable bonds is 4. The van der Waals surface area contributed by atoms with Gasteiger partial charge in [-0.15, -0.1) is 0 Å². The van der Waals surface area contributed by atoms with Gasteiger partial charge < -0.3 is 10.2 Å². The van der Waals surface area contributed by atoms with Crippen molar-refractivity contribution in [3.63, 3.8) is 0 Å². The van der Waals surface area contributed by atoms with Crippen molar-refractivity contribution in [3.8, 4) is 0 Å². The standard InChI is InChI=1S/C9H18BrNO2/c1-2-7(3-10)4-11-5-8(12)9(13)6-11/h7-9,12-13H,2-6H2,1H3. The number of aliphatic hydroxyl groups is 2. The molecule has 0 radical (unpaired) electrons. The molecule has 0 aliphatic carbocycles. The Kier molecular flexibility index (Phi) is 4.66. The third-order valence-electron chi connectivity index (χ3n) is 2.65. The first-order valence-corrected chi connectivity index (χ1v) is 5.94. The molecule has 78 valence electrons. The van der Waals surface area contributed by atoms with E-state index >= 15 is 0 Å². The zero-order chi connectivity index (χ0) is 9.84. The lowest BCUT2D eigenvalue weighted by Crippen LogP contribution is -2.29. The lowest BCUT2D eigenvalue weighted by atomic mass is 10.1. The minimum atomic E-state index is -0.548. The zero-order valence-electron chi connectivity index (χ0n) is 7.99. The first-order valence-electron chi connectivity index (χ1n) is 4.81. The van der Waals surface area contributed by atoms with Crippen molar-refractivity contribution < 1.29 is 10.2 Å². The summed E-state index contributed by atoms with van der Waals surface area (Å²) in [5, 5.41) is 19.6. The molecule has 4 heteroatoms. The van der Waals surface area contributed by atoms with Gasteiger partial charge in [-0.05, 0) is 5.92 Å². The van der Waals surface area contributed by atoms with Crippen LogP contribution in [0.25, 0.3) is 0 Å². The minimum absolute atomic E-state index is 0.548. The molecule has 2 N–H and O–H groups in total. The highest BCUT2D eigenvalue weighted by Crippen LogP contribution is 2.15. The van der Waals surface area contributed by atoms with Gasteiger partial charge in [0, 0.05) is 25.0 Å². The summed E-state index contributed by atoms with van der Waals surface area (Å²) in [6.07, 6.45) is 0.0363. The fourth-order valence-corrected chi connectivity index (χ4v) is 2.31. The maximum atomic E-state index is 9.32. The summed E-state index contributed by atoms with van der Waals surface area (Å²) in [5.74, 6) is 0.623. The molecule has 1 fully saturated rings. The van der Waals surface area contributed by atoms with E-state index in [1.807, 2.05) is 0 Å². The van der Waals surface area contributed by atoms with Crippen LogP contribution in [0.2, 0.25) is 0 Å². The summed E-state index contributed by atoms with van der Waals surface area (Å²) >= 11 is 3.46. The fourth-order valence-electron chi connectivity index (χ4n) is 1.65. The average Bonchev–Trinajstić information content (AvgIpc) is 2.42. The normalized spacial score (nSPS) is 32.3. The first-order chi connectivity index (χ1) is 6.17. The Morgan fingerprint density at radius 3 is 2.31 bits per heavy atom. The maximum Gasteiger partial charge on any atom is 0.0938 e. The number of likely N-dealkylation sites (tertiary alicyclic amines) is 1. The quantitative estimate of drug-likeness (QED) is 0.714. The molecule has 0 saturated carbocycles. The molecule has 0 aromatic heterocycles. The Labute approximate surface area is 87.9 Å². The van der Waals surface area contributed by atoms with Crippen LogP contribution in [0.3, 0.4) is 0 Å². The number of hydrogen-bond donors (Lipinski definition) is 2. The van der Waals surface area contributed by atoms with Crippen LogP contribution in [0.1, 0.15) is 13.3 Å². The Bertz CT molecular complexity index is 143. The van der Waals surface area contributed by atoms with Crippen LogP contribution in [-0.4, -0.2) is 52.3 Å². The molecule has 0 aromatic rings. The second-order valence-electron chi connectivity index (χ2n) is 3.78. The number of β-amino-alcohol motifs (C(OH)–C–C–N with tert-alkyl or cyclic N) is 2. The third kappa shape index (κ3) is 3.20. The largest absolute Gasteiger partial charge is 0.389 e. The van der Waals surface area contributed by atoms with Gasteiger partial charge in [0.05, 0.1) is 12.2 Å². The fraction of sp³-hybridized carbons (Fsp3) is 1.00. The van der Waals surface area contributed by atoms with Gasteiger partial charge in [-0.1, -0.05) is 29.3 Å². The molecule has 0 amide bonds. The molecule has 0 aromatic carbocycles. The van der Waals surface area contributed by atoms with Crippen molar-refractivity contribution in [2.24, 2.45) is 5.92 Å². The Morgan fingerprint density at radius 2 is 1.92 bits per heavy atom. The summed E-state index contributed by atoms with van der Waals surface area (Å²) < 4.78 is 0. The molecule has 1 rings (SSSR count). The van der Waals surface area contributed by atoms with Crippen molar-refractivity contribution in [1.29, 1.82) is 0 Å². The van der Waals surface area contributed by atoms with E-state index in [0.29, 0.717) is 19.0 Å². The van der Waals surface area contributed by atoms with Gasteiger partial charge in [0.2, 0.25) is 0 Å². The maximum absolute atomic E-state index is 9.32. The van der Waals surface area contributed by atoms with Crippen molar-refractivity contribution >= 4 is 15.9 Å². The van der Waals surface area contributed by atoms with E-state index in [1.165, 1.54) is 0 Å². The van der Waals surface area contributed by atoms with E-state index < -0.39 is 12.2 Å². The Balaban J connectivity index is 2.30. The lowest BCUT2D eigenvalue weighted by Gasteiger charge is -2.20. The summed E-state index contributed by atoms with van der Waals surface area (Å²) in [7, 11) is 0. The van der Waals surface area contributed by atoms with Gasteiger partial charge >= 0.3 is 0 Å². The summed E-state index contributed by atoms with van der Waals surface area (Å²) in [4.78, 5) is 2.13. The van der Waals surface area contributed by atoms with E-state index in [9.17, 15) is 10.2 Å². The summed E-state index contributed by atoms with van der Waals surface area (Å²) in [5.41, 5.74) is 0. The van der Waals surface area contributed by atoms with Gasteiger partial charge in [-0.25, -0.2) is 0 Å². The van der Waals surface area contributed by atoms with E-state index in [2.05, 4.69) is 27.8 Å². The van der Waals surface area contributed by atoms with Gasteiger partial charge in [0.25, 0.3) is 0 Å². The van der Waals surface area contributed by atoms with Gasteiger partial charge in [0.15, 0.2) is 0 Å². The lowest BCUT2D eigenvalue weighted by molar-refractivity contribution is 0.0572. The Morgan fingerprint density at radius 1 is 1.38 bits per heavy atom. The first kappa shape index (κ1) is 11.4. The van der Waals surface area contributed by atoms with Crippen molar-refractivity contribution in [1.82, 2.24) is 4.90 Å². The second-order valence-corrected chi connectivity index (χ2v) is 4.43. The molecule has 3 unspecified atom stereocenters. The number of alkyl halides is 1. The molecule has 3 nitrogen and oxygen atoms in total. The number of hydrogen-bond acceptors (Lipinski definition) is 3. The van der Waals surface area contributed by atoms with Crippen molar-refractivity contribution in [3.05, 3.63) is 0 Å². The van der Waals surface area contributed by atoms with Gasteiger partial charge in [0.1, 0.15) is 0 Å². The number of aliphatic hydroxyl groups excluding tert-OH is 2. The van der Waals surface area contributed by atoms with Crippen LogP contribution < -0.4 is 0 Å². The summed E-state index contributed by atoms with van der Waals surface area (Å²) in [6, 6.07) is 0. The highest BCUT2D eigenvalue weighted by molar-refractivity contribution is 9.09. The van der Waals surface area contributed by atoms with E-state index in [-0.39, 0.29) is 0 Å². The monoisotopic (exact) mass is 251 g/mol. The number of nitrogens with zero attached hydrogens (tertiary/aromatic N) is 1. The highest BCUT2D eigenvalue weighted by atomic mass is 79.9. The minimum Gasteiger partial charge on any atom is -0.389 e. The molecule has 1 aliphatic rings.